The summed E-state index contributed by atoms with van der Waals surface area (Å²) in [5, 5.41) is 2.61. The molecule has 0 spiro atoms. The van der Waals surface area contributed by atoms with E-state index in [1.165, 1.54) is 24.3 Å². The van der Waals surface area contributed by atoms with E-state index in [1.54, 1.807) is 6.92 Å². The molecule has 0 fully saturated rings. The summed E-state index contributed by atoms with van der Waals surface area (Å²) in [6.45, 7) is 1.71. The highest BCUT2D eigenvalue weighted by molar-refractivity contribution is 7.96. The van der Waals surface area contributed by atoms with E-state index >= 15 is 0 Å². The first-order valence-corrected chi connectivity index (χ1v) is 9.69. The van der Waals surface area contributed by atoms with Crippen LogP contribution >= 0.6 is 0 Å². The highest BCUT2D eigenvalue weighted by Gasteiger charge is 2.30. The largest absolute Gasteiger partial charge is 0.379 e. The number of hydrogen-bond donors (Lipinski definition) is 1. The molecule has 1 N–H and O–H groups in total. The third kappa shape index (κ3) is 4.08. The smallest absolute Gasteiger partial charge is 0.336 e. The molecule has 2 rings (SSSR count). The number of hydrogen-bond acceptors (Lipinski definition) is 6. The first-order chi connectivity index (χ1) is 10.2. The Kier molecular flexibility index (Phi) is 4.57. The molecule has 0 aromatic heterocycles. The molecular weight excluding hydrogens is 330 g/mol. The van der Waals surface area contributed by atoms with Crippen LogP contribution in [0.4, 0.5) is 5.69 Å². The molecule has 1 aliphatic heterocycles. The van der Waals surface area contributed by atoms with Crippen LogP contribution in [-0.4, -0.2) is 34.2 Å². The van der Waals surface area contributed by atoms with Crippen molar-refractivity contribution in [1.29, 1.82) is 0 Å². The van der Waals surface area contributed by atoms with Gasteiger partial charge in [0, 0.05) is 12.1 Å². The van der Waals surface area contributed by atoms with Gasteiger partial charge in [-0.15, -0.1) is 0 Å². The van der Waals surface area contributed by atoms with Gasteiger partial charge in [0.1, 0.15) is 5.75 Å². The lowest BCUT2D eigenvalue weighted by molar-refractivity contribution is -0.115. The highest BCUT2D eigenvalue weighted by Crippen LogP contribution is 2.23. The standard InChI is InChI=1S/C13H15NO6S2/c1-2-13(15)14-10-3-5-11(6-4-10)20-22(18,19)12-7-8-21(16,17)9-12/h3-7H,2,8-9H2,1H3,(H,14,15). The van der Waals surface area contributed by atoms with Crippen LogP contribution in [-0.2, 0) is 24.7 Å². The zero-order valence-electron chi connectivity index (χ0n) is 11.8. The van der Waals surface area contributed by atoms with Gasteiger partial charge in [-0.25, -0.2) is 8.42 Å². The summed E-state index contributed by atoms with van der Waals surface area (Å²) in [6, 6.07) is 5.76. The van der Waals surface area contributed by atoms with Crippen molar-refractivity contribution >= 4 is 31.5 Å². The second-order valence-electron chi connectivity index (χ2n) is 4.69. The minimum absolute atomic E-state index is 0.0414. The third-order valence-electron chi connectivity index (χ3n) is 2.91. The van der Waals surface area contributed by atoms with E-state index in [-0.39, 0.29) is 22.3 Å². The number of sulfone groups is 1. The van der Waals surface area contributed by atoms with Gasteiger partial charge in [0.15, 0.2) is 9.84 Å². The Hall–Kier alpha value is -1.87. The summed E-state index contributed by atoms with van der Waals surface area (Å²) in [5.41, 5.74) is 0.513. The lowest BCUT2D eigenvalue weighted by atomic mass is 10.3. The van der Waals surface area contributed by atoms with Crippen LogP contribution < -0.4 is 9.50 Å². The van der Waals surface area contributed by atoms with E-state index < -0.39 is 25.7 Å². The van der Waals surface area contributed by atoms with E-state index in [1.807, 2.05) is 0 Å². The molecule has 0 bridgehead atoms. The molecule has 0 aliphatic carbocycles. The molecule has 0 radical (unpaired) electrons. The minimum atomic E-state index is -4.13. The zero-order chi connectivity index (χ0) is 16.4. The van der Waals surface area contributed by atoms with E-state index in [0.717, 1.165) is 6.08 Å². The maximum absolute atomic E-state index is 12.0. The summed E-state index contributed by atoms with van der Waals surface area (Å²) < 4.78 is 51.4. The number of carbonyl (C=O) groups is 1. The SMILES string of the molecule is CCC(=O)Nc1ccc(OS(=O)(=O)C2=CCS(=O)(=O)C2)cc1. The Balaban J connectivity index is 2.09. The monoisotopic (exact) mass is 345 g/mol. The average Bonchev–Trinajstić information content (AvgIpc) is 2.82. The Bertz CT molecular complexity index is 807. The van der Waals surface area contributed by atoms with Crippen LogP contribution in [0.15, 0.2) is 35.2 Å². The topological polar surface area (TPSA) is 107 Å². The molecule has 0 saturated carbocycles. The minimum Gasteiger partial charge on any atom is -0.379 e. The number of anilines is 1. The normalized spacial score (nSPS) is 16.9. The van der Waals surface area contributed by atoms with Crippen LogP contribution in [0.2, 0.25) is 0 Å². The molecule has 1 aromatic carbocycles. The molecule has 1 heterocycles. The Morgan fingerprint density at radius 1 is 1.27 bits per heavy atom. The Morgan fingerprint density at radius 2 is 1.91 bits per heavy atom. The van der Waals surface area contributed by atoms with E-state index in [9.17, 15) is 21.6 Å². The molecular formula is C13H15NO6S2. The molecule has 1 aromatic rings. The summed E-state index contributed by atoms with van der Waals surface area (Å²) >= 11 is 0. The predicted octanol–water partition coefficient (Wildman–Crippen LogP) is 1.06. The molecule has 120 valence electrons. The van der Waals surface area contributed by atoms with E-state index in [0.29, 0.717) is 12.1 Å². The van der Waals surface area contributed by atoms with Crippen molar-refractivity contribution in [2.24, 2.45) is 0 Å². The Labute approximate surface area is 129 Å². The van der Waals surface area contributed by atoms with Gasteiger partial charge in [0.05, 0.1) is 16.4 Å². The van der Waals surface area contributed by atoms with Gasteiger partial charge in [-0.2, -0.15) is 8.42 Å². The first-order valence-electron chi connectivity index (χ1n) is 6.46. The van der Waals surface area contributed by atoms with E-state index in [4.69, 9.17) is 4.18 Å². The van der Waals surface area contributed by atoms with Gasteiger partial charge in [0.2, 0.25) is 5.91 Å². The second kappa shape index (κ2) is 6.09. The quantitative estimate of drug-likeness (QED) is 0.800. The van der Waals surface area contributed by atoms with Crippen molar-refractivity contribution in [3.05, 3.63) is 35.2 Å². The molecule has 1 aliphatic rings. The third-order valence-corrected chi connectivity index (χ3v) is 5.89. The maximum Gasteiger partial charge on any atom is 0.336 e. The molecule has 7 nitrogen and oxygen atoms in total. The predicted molar refractivity (Wildman–Crippen MR) is 81.6 cm³/mol. The number of carbonyl (C=O) groups excluding carboxylic acids is 1. The zero-order valence-corrected chi connectivity index (χ0v) is 13.4. The summed E-state index contributed by atoms with van der Waals surface area (Å²) in [6.07, 6.45) is 1.47. The van der Waals surface area contributed by atoms with Crippen molar-refractivity contribution < 1.29 is 25.8 Å². The van der Waals surface area contributed by atoms with Crippen molar-refractivity contribution in [1.82, 2.24) is 0 Å². The van der Waals surface area contributed by atoms with Gasteiger partial charge in [-0.1, -0.05) is 13.0 Å². The fraction of sp³-hybridized carbons (Fsp3) is 0.308. The molecule has 22 heavy (non-hydrogen) atoms. The van der Waals surface area contributed by atoms with Gasteiger partial charge < -0.3 is 9.50 Å². The van der Waals surface area contributed by atoms with Gasteiger partial charge in [-0.05, 0) is 24.3 Å². The lowest BCUT2D eigenvalue weighted by Crippen LogP contribution is -2.15. The summed E-state index contributed by atoms with van der Waals surface area (Å²) in [7, 11) is -7.52. The number of amides is 1. The Morgan fingerprint density at radius 3 is 2.41 bits per heavy atom. The number of rotatable bonds is 5. The van der Waals surface area contributed by atoms with Crippen molar-refractivity contribution in [3.8, 4) is 5.75 Å². The number of benzene rings is 1. The average molecular weight is 345 g/mol. The van der Waals surface area contributed by atoms with Crippen molar-refractivity contribution in [3.63, 3.8) is 0 Å². The van der Waals surface area contributed by atoms with Crippen LogP contribution in [0.5, 0.6) is 5.75 Å². The van der Waals surface area contributed by atoms with Crippen LogP contribution in [0.3, 0.4) is 0 Å². The van der Waals surface area contributed by atoms with Crippen LogP contribution in [0.25, 0.3) is 0 Å². The summed E-state index contributed by atoms with van der Waals surface area (Å²) in [4.78, 5) is 11.0. The molecule has 0 saturated heterocycles. The van der Waals surface area contributed by atoms with Gasteiger partial charge >= 0.3 is 10.1 Å². The number of nitrogens with one attached hydrogen (secondary N) is 1. The van der Waals surface area contributed by atoms with Crippen LogP contribution in [0.1, 0.15) is 13.3 Å². The highest BCUT2D eigenvalue weighted by atomic mass is 32.2. The van der Waals surface area contributed by atoms with E-state index in [2.05, 4.69) is 5.32 Å². The fourth-order valence-corrected chi connectivity index (χ4v) is 4.86. The van der Waals surface area contributed by atoms with Gasteiger partial charge in [0.25, 0.3) is 0 Å². The van der Waals surface area contributed by atoms with Crippen molar-refractivity contribution in [2.75, 3.05) is 16.8 Å². The van der Waals surface area contributed by atoms with Gasteiger partial charge in [-0.3, -0.25) is 4.79 Å². The van der Waals surface area contributed by atoms with Crippen LogP contribution in [0, 0.1) is 0 Å². The second-order valence-corrected chi connectivity index (χ2v) is 8.40. The van der Waals surface area contributed by atoms with Crippen molar-refractivity contribution in [2.45, 2.75) is 13.3 Å². The fourth-order valence-electron chi connectivity index (χ4n) is 1.75. The first kappa shape index (κ1) is 16.5. The maximum atomic E-state index is 12.0. The molecule has 9 heteroatoms. The lowest BCUT2D eigenvalue weighted by Gasteiger charge is -2.08. The molecule has 0 atom stereocenters. The summed E-state index contributed by atoms with van der Waals surface area (Å²) in [5.74, 6) is -0.963. The molecule has 0 unspecified atom stereocenters. The molecule has 1 amide bonds.